The Kier molecular flexibility index (Phi) is 3.58. The second-order valence-electron chi connectivity index (χ2n) is 6.37. The number of aliphatic carboxylic acids is 1. The van der Waals surface area contributed by atoms with Crippen molar-refractivity contribution in [2.45, 2.75) is 27.7 Å². The molecule has 7 nitrogen and oxygen atoms in total. The van der Waals surface area contributed by atoms with E-state index in [1.807, 2.05) is 26.8 Å². The molecule has 3 heterocycles. The SMILES string of the molecule is Cc1cc(C)n2nc(C)c(C(=O)N3C[C@@H](C)[C@H](C(=O)O)C3)c2n1. The molecule has 23 heavy (non-hydrogen) atoms. The second-order valence-corrected chi connectivity index (χ2v) is 6.37. The molecule has 1 saturated heterocycles. The van der Waals surface area contributed by atoms with Crippen LogP contribution in [0.5, 0.6) is 0 Å². The van der Waals surface area contributed by atoms with Crippen molar-refractivity contribution in [2.24, 2.45) is 11.8 Å². The number of fused-ring (bicyclic) bond motifs is 1. The summed E-state index contributed by atoms with van der Waals surface area (Å²) >= 11 is 0. The summed E-state index contributed by atoms with van der Waals surface area (Å²) in [5.74, 6) is -1.62. The molecule has 1 amide bonds. The van der Waals surface area contributed by atoms with Crippen LogP contribution in [0.15, 0.2) is 6.07 Å². The van der Waals surface area contributed by atoms with Crippen LogP contribution in [-0.4, -0.2) is 49.6 Å². The Morgan fingerprint density at radius 3 is 2.57 bits per heavy atom. The van der Waals surface area contributed by atoms with Crippen LogP contribution in [0.1, 0.15) is 34.4 Å². The normalized spacial score (nSPS) is 21.1. The summed E-state index contributed by atoms with van der Waals surface area (Å²) in [6.07, 6.45) is 0. The van der Waals surface area contributed by atoms with Gasteiger partial charge in [0.1, 0.15) is 5.56 Å². The Morgan fingerprint density at radius 2 is 1.96 bits per heavy atom. The van der Waals surface area contributed by atoms with Crippen molar-refractivity contribution < 1.29 is 14.7 Å². The maximum absolute atomic E-state index is 12.9. The van der Waals surface area contributed by atoms with Crippen LogP contribution in [0.25, 0.3) is 5.65 Å². The number of carbonyl (C=O) groups excluding carboxylic acids is 1. The van der Waals surface area contributed by atoms with Crippen LogP contribution in [0.4, 0.5) is 0 Å². The number of rotatable bonds is 2. The first-order valence-electron chi connectivity index (χ1n) is 7.65. The minimum atomic E-state index is -0.853. The molecule has 0 bridgehead atoms. The van der Waals surface area contributed by atoms with Crippen molar-refractivity contribution >= 4 is 17.5 Å². The molecule has 1 aliphatic rings. The highest BCUT2D eigenvalue weighted by molar-refractivity contribution is 6.01. The first kappa shape index (κ1) is 15.5. The molecule has 1 N–H and O–H groups in total. The van der Waals surface area contributed by atoms with Gasteiger partial charge in [0, 0.05) is 24.5 Å². The molecule has 122 valence electrons. The van der Waals surface area contributed by atoms with Gasteiger partial charge in [-0.15, -0.1) is 0 Å². The third kappa shape index (κ3) is 2.46. The van der Waals surface area contributed by atoms with E-state index in [9.17, 15) is 14.7 Å². The van der Waals surface area contributed by atoms with Gasteiger partial charge in [0.25, 0.3) is 5.91 Å². The average Bonchev–Trinajstić information content (AvgIpc) is 2.99. The molecule has 1 aliphatic heterocycles. The van der Waals surface area contributed by atoms with E-state index >= 15 is 0 Å². The lowest BCUT2D eigenvalue weighted by Gasteiger charge is -2.15. The third-order valence-electron chi connectivity index (χ3n) is 4.50. The topological polar surface area (TPSA) is 87.8 Å². The van der Waals surface area contributed by atoms with Crippen LogP contribution in [-0.2, 0) is 4.79 Å². The molecule has 2 aromatic heterocycles. The van der Waals surface area contributed by atoms with Gasteiger partial charge in [-0.1, -0.05) is 6.92 Å². The first-order valence-corrected chi connectivity index (χ1v) is 7.65. The molecule has 0 aromatic carbocycles. The highest BCUT2D eigenvalue weighted by Crippen LogP contribution is 2.26. The molecular formula is C16H20N4O3. The van der Waals surface area contributed by atoms with Crippen molar-refractivity contribution in [3.05, 3.63) is 28.7 Å². The molecule has 7 heteroatoms. The first-order chi connectivity index (χ1) is 10.8. The predicted octanol–water partition coefficient (Wildman–Crippen LogP) is 1.45. The highest BCUT2D eigenvalue weighted by atomic mass is 16.4. The molecule has 2 atom stereocenters. The maximum atomic E-state index is 12.9. The summed E-state index contributed by atoms with van der Waals surface area (Å²) in [4.78, 5) is 30.3. The molecule has 0 saturated carbocycles. The molecule has 1 fully saturated rings. The Balaban J connectivity index is 2.02. The molecule has 3 rings (SSSR count). The van der Waals surface area contributed by atoms with Gasteiger partial charge >= 0.3 is 5.97 Å². The predicted molar refractivity (Wildman–Crippen MR) is 83.4 cm³/mol. The largest absolute Gasteiger partial charge is 0.481 e. The molecule has 0 radical (unpaired) electrons. The van der Waals surface area contributed by atoms with Crippen molar-refractivity contribution in [2.75, 3.05) is 13.1 Å². The number of carboxylic acid groups (broad SMARTS) is 1. The monoisotopic (exact) mass is 316 g/mol. The van der Waals surface area contributed by atoms with Gasteiger partial charge in [0.2, 0.25) is 0 Å². The third-order valence-corrected chi connectivity index (χ3v) is 4.50. The van der Waals surface area contributed by atoms with Gasteiger partial charge in [-0.2, -0.15) is 5.10 Å². The van der Waals surface area contributed by atoms with Gasteiger partial charge in [0.05, 0.1) is 11.6 Å². The number of hydrogen-bond acceptors (Lipinski definition) is 4. The number of carboxylic acids is 1. The van der Waals surface area contributed by atoms with E-state index in [2.05, 4.69) is 10.1 Å². The number of likely N-dealkylation sites (tertiary alicyclic amines) is 1. The van der Waals surface area contributed by atoms with E-state index in [0.717, 1.165) is 11.4 Å². The van der Waals surface area contributed by atoms with Crippen LogP contribution in [0.2, 0.25) is 0 Å². The minimum absolute atomic E-state index is 0.0602. The summed E-state index contributed by atoms with van der Waals surface area (Å²) < 4.78 is 1.67. The fourth-order valence-electron chi connectivity index (χ4n) is 3.29. The van der Waals surface area contributed by atoms with E-state index in [4.69, 9.17) is 0 Å². The van der Waals surface area contributed by atoms with E-state index < -0.39 is 11.9 Å². The van der Waals surface area contributed by atoms with Gasteiger partial charge in [-0.3, -0.25) is 9.59 Å². The number of nitrogens with zero attached hydrogens (tertiary/aromatic N) is 4. The quantitative estimate of drug-likeness (QED) is 0.906. The van der Waals surface area contributed by atoms with Gasteiger partial charge in [-0.25, -0.2) is 9.50 Å². The number of amides is 1. The van der Waals surface area contributed by atoms with Gasteiger partial charge < -0.3 is 10.0 Å². The summed E-state index contributed by atoms with van der Waals surface area (Å²) in [7, 11) is 0. The van der Waals surface area contributed by atoms with E-state index in [-0.39, 0.29) is 18.4 Å². The second kappa shape index (κ2) is 5.33. The number of aromatic nitrogens is 3. The summed E-state index contributed by atoms with van der Waals surface area (Å²) in [6, 6.07) is 1.91. The van der Waals surface area contributed by atoms with Gasteiger partial charge in [-0.05, 0) is 32.8 Å². The number of carbonyl (C=O) groups is 2. The van der Waals surface area contributed by atoms with Crippen LogP contribution >= 0.6 is 0 Å². The standard InChI is InChI=1S/C16H20N4O3/c1-8-6-19(7-12(8)16(22)23)15(21)13-11(4)18-20-10(3)5-9(2)17-14(13)20/h5,8,12H,6-7H2,1-4H3,(H,22,23)/t8-,12-/m1/s1. The zero-order chi connectivity index (χ0) is 16.9. The Labute approximate surface area is 133 Å². The summed E-state index contributed by atoms with van der Waals surface area (Å²) in [5, 5.41) is 13.7. The van der Waals surface area contributed by atoms with Crippen LogP contribution < -0.4 is 0 Å². The van der Waals surface area contributed by atoms with Crippen LogP contribution in [0, 0.1) is 32.6 Å². The Bertz CT molecular complexity index is 811. The molecular weight excluding hydrogens is 296 g/mol. The lowest BCUT2D eigenvalue weighted by molar-refractivity contribution is -0.142. The molecule has 2 aromatic rings. The van der Waals surface area contributed by atoms with Gasteiger partial charge in [0.15, 0.2) is 5.65 Å². The summed E-state index contributed by atoms with van der Waals surface area (Å²) in [5.41, 5.74) is 3.35. The zero-order valence-electron chi connectivity index (χ0n) is 13.7. The van der Waals surface area contributed by atoms with E-state index in [1.165, 1.54) is 0 Å². The highest BCUT2D eigenvalue weighted by Gasteiger charge is 2.38. The number of aryl methyl sites for hydroxylation is 3. The van der Waals surface area contributed by atoms with Crippen molar-refractivity contribution in [3.63, 3.8) is 0 Å². The van der Waals surface area contributed by atoms with Crippen molar-refractivity contribution in [3.8, 4) is 0 Å². The number of hydrogen-bond donors (Lipinski definition) is 1. The fourth-order valence-corrected chi connectivity index (χ4v) is 3.29. The minimum Gasteiger partial charge on any atom is -0.481 e. The average molecular weight is 316 g/mol. The molecule has 0 spiro atoms. The van der Waals surface area contributed by atoms with E-state index in [0.29, 0.717) is 23.4 Å². The van der Waals surface area contributed by atoms with Crippen molar-refractivity contribution in [1.29, 1.82) is 0 Å². The van der Waals surface area contributed by atoms with E-state index in [1.54, 1.807) is 16.3 Å². The lowest BCUT2D eigenvalue weighted by Crippen LogP contribution is -2.30. The maximum Gasteiger partial charge on any atom is 0.308 e. The lowest BCUT2D eigenvalue weighted by atomic mass is 9.99. The zero-order valence-corrected chi connectivity index (χ0v) is 13.7. The molecule has 0 unspecified atom stereocenters. The van der Waals surface area contributed by atoms with Crippen LogP contribution in [0.3, 0.4) is 0 Å². The fraction of sp³-hybridized carbons (Fsp3) is 0.500. The molecule has 0 aliphatic carbocycles. The smallest absolute Gasteiger partial charge is 0.308 e. The van der Waals surface area contributed by atoms with Crippen molar-refractivity contribution in [1.82, 2.24) is 19.5 Å². The Hall–Kier alpha value is -2.44. The Morgan fingerprint density at radius 1 is 1.26 bits per heavy atom. The summed E-state index contributed by atoms with van der Waals surface area (Å²) in [6.45, 7) is 8.11.